The molecule has 0 aliphatic carbocycles. The van der Waals surface area contributed by atoms with E-state index in [9.17, 15) is 24.0 Å². The van der Waals surface area contributed by atoms with Crippen LogP contribution in [0.3, 0.4) is 0 Å². The first kappa shape index (κ1) is 32.5. The predicted molar refractivity (Wildman–Crippen MR) is 132 cm³/mol. The number of amides is 3. The van der Waals surface area contributed by atoms with Gasteiger partial charge >= 0.3 is 12.1 Å². The molecule has 0 rings (SSSR count). The van der Waals surface area contributed by atoms with Gasteiger partial charge in [0.25, 0.3) is 11.8 Å². The topological polar surface area (TPSA) is 145 Å². The SMILES string of the molecule is CCCC(=O)C(=O)N(C(=O)[C@@H](NC(=O)OC(C)(C)C)C(C)C)C(C(=O)OC(C)(C)C)C(N)C(C)C. The third kappa shape index (κ3) is 10.8. The number of ketones is 1. The van der Waals surface area contributed by atoms with Crippen molar-refractivity contribution < 1.29 is 33.4 Å². The van der Waals surface area contributed by atoms with Crippen LogP contribution >= 0.6 is 0 Å². The molecule has 2 unspecified atom stereocenters. The number of carbonyl (C=O) groups excluding carboxylic acids is 5. The number of ether oxygens (including phenoxy) is 2. The molecule has 0 bridgehead atoms. The third-order valence-corrected chi connectivity index (χ3v) is 4.84. The lowest BCUT2D eigenvalue weighted by atomic mass is 9.93. The lowest BCUT2D eigenvalue weighted by Gasteiger charge is -2.37. The molecule has 10 nitrogen and oxygen atoms in total. The fourth-order valence-corrected chi connectivity index (χ4v) is 3.09. The summed E-state index contributed by atoms with van der Waals surface area (Å²) in [5.41, 5.74) is 4.55. The van der Waals surface area contributed by atoms with Gasteiger partial charge in [0.15, 0.2) is 6.04 Å². The van der Waals surface area contributed by atoms with Crippen molar-refractivity contribution in [3.05, 3.63) is 0 Å². The van der Waals surface area contributed by atoms with E-state index in [2.05, 4.69) is 5.32 Å². The van der Waals surface area contributed by atoms with Gasteiger partial charge in [0, 0.05) is 12.5 Å². The molecular formula is C25H45N3O7. The normalized spacial score (nSPS) is 14.7. The van der Waals surface area contributed by atoms with Gasteiger partial charge in [-0.3, -0.25) is 19.3 Å². The van der Waals surface area contributed by atoms with Crippen LogP contribution in [0, 0.1) is 11.8 Å². The summed E-state index contributed by atoms with van der Waals surface area (Å²) in [7, 11) is 0. The van der Waals surface area contributed by atoms with Crippen molar-refractivity contribution in [2.45, 2.75) is 118 Å². The number of esters is 1. The van der Waals surface area contributed by atoms with E-state index in [1.54, 1.807) is 76.2 Å². The van der Waals surface area contributed by atoms with Crippen LogP contribution in [0.5, 0.6) is 0 Å². The number of hydrogen-bond acceptors (Lipinski definition) is 8. The van der Waals surface area contributed by atoms with Gasteiger partial charge in [-0.1, -0.05) is 34.6 Å². The second-order valence-electron chi connectivity index (χ2n) is 11.4. The van der Waals surface area contributed by atoms with Gasteiger partial charge < -0.3 is 20.5 Å². The Morgan fingerprint density at radius 1 is 0.857 bits per heavy atom. The number of hydrogen-bond donors (Lipinski definition) is 2. The fourth-order valence-electron chi connectivity index (χ4n) is 3.09. The van der Waals surface area contributed by atoms with Crippen molar-refractivity contribution >= 4 is 29.7 Å². The molecule has 0 aromatic carbocycles. The molecule has 0 radical (unpaired) electrons. The maximum Gasteiger partial charge on any atom is 0.408 e. The van der Waals surface area contributed by atoms with Gasteiger partial charge in [-0.15, -0.1) is 0 Å². The number of nitrogens with two attached hydrogens (primary N) is 1. The molecule has 0 aliphatic heterocycles. The van der Waals surface area contributed by atoms with Crippen molar-refractivity contribution in [2.24, 2.45) is 17.6 Å². The Morgan fingerprint density at radius 2 is 1.34 bits per heavy atom. The highest BCUT2D eigenvalue weighted by atomic mass is 16.6. The summed E-state index contributed by atoms with van der Waals surface area (Å²) in [5, 5.41) is 2.48. The molecule has 0 saturated heterocycles. The van der Waals surface area contributed by atoms with Gasteiger partial charge in [0.05, 0.1) is 0 Å². The van der Waals surface area contributed by atoms with Gasteiger partial charge in [-0.25, -0.2) is 9.59 Å². The highest BCUT2D eigenvalue weighted by molar-refractivity contribution is 6.39. The molecule has 3 atom stereocenters. The van der Waals surface area contributed by atoms with Gasteiger partial charge in [0.2, 0.25) is 5.78 Å². The fraction of sp³-hybridized carbons (Fsp3) is 0.800. The zero-order chi connectivity index (χ0) is 27.9. The molecule has 202 valence electrons. The first-order valence-electron chi connectivity index (χ1n) is 12.1. The van der Waals surface area contributed by atoms with Gasteiger partial charge in [-0.05, 0) is 59.8 Å². The van der Waals surface area contributed by atoms with Gasteiger partial charge in [0.1, 0.15) is 17.2 Å². The molecular weight excluding hydrogens is 454 g/mol. The third-order valence-electron chi connectivity index (χ3n) is 4.84. The van der Waals surface area contributed by atoms with Crippen LogP contribution in [0.1, 0.15) is 89.0 Å². The first-order chi connectivity index (χ1) is 15.7. The standard InChI is InChI=1S/C25H45N3O7/c1-12-13-16(29)20(30)28(19(17(26)14(2)3)22(32)34-24(6,7)8)21(31)18(15(4)5)27-23(33)35-25(9,10)11/h14-15,17-19H,12-13,26H2,1-11H3,(H,27,33)/t17?,18-,19?/m0/s1. The number of nitrogens with zero attached hydrogens (tertiary/aromatic N) is 1. The zero-order valence-electron chi connectivity index (χ0n) is 23.2. The summed E-state index contributed by atoms with van der Waals surface area (Å²) in [4.78, 5) is 66.1. The molecule has 0 saturated carbocycles. The quantitative estimate of drug-likeness (QED) is 0.345. The molecule has 0 spiro atoms. The highest BCUT2D eigenvalue weighted by Gasteiger charge is 2.46. The summed E-state index contributed by atoms with van der Waals surface area (Å²) in [6.07, 6.45) is -0.630. The van der Waals surface area contributed by atoms with Crippen molar-refractivity contribution in [2.75, 3.05) is 0 Å². The van der Waals surface area contributed by atoms with E-state index in [1.807, 2.05) is 0 Å². The largest absolute Gasteiger partial charge is 0.458 e. The van der Waals surface area contributed by atoms with Gasteiger partial charge in [-0.2, -0.15) is 0 Å². The summed E-state index contributed by atoms with van der Waals surface area (Å²) < 4.78 is 10.8. The Morgan fingerprint density at radius 3 is 1.71 bits per heavy atom. The average molecular weight is 500 g/mol. The van der Waals surface area contributed by atoms with E-state index < -0.39 is 64.9 Å². The summed E-state index contributed by atoms with van der Waals surface area (Å²) >= 11 is 0. The maximum absolute atomic E-state index is 13.8. The Bertz CT molecular complexity index is 779. The number of carbonyl (C=O) groups is 5. The van der Waals surface area contributed by atoms with Crippen LogP contribution in [0.25, 0.3) is 0 Å². The first-order valence-corrected chi connectivity index (χ1v) is 12.1. The lowest BCUT2D eigenvalue weighted by molar-refractivity contribution is -0.172. The molecule has 0 heterocycles. The maximum atomic E-state index is 13.8. The van der Waals surface area contributed by atoms with Crippen LogP contribution in [-0.2, 0) is 28.7 Å². The average Bonchev–Trinajstić information content (AvgIpc) is 2.65. The Labute approximate surface area is 209 Å². The van der Waals surface area contributed by atoms with E-state index in [0.29, 0.717) is 11.3 Å². The van der Waals surface area contributed by atoms with E-state index in [-0.39, 0.29) is 12.3 Å². The van der Waals surface area contributed by atoms with Crippen LogP contribution in [-0.4, -0.2) is 63.9 Å². The molecule has 3 N–H and O–H groups in total. The molecule has 0 aromatic heterocycles. The van der Waals surface area contributed by atoms with Crippen LogP contribution in [0.15, 0.2) is 0 Å². The highest BCUT2D eigenvalue weighted by Crippen LogP contribution is 2.21. The number of alkyl carbamates (subject to hydrolysis) is 1. The number of rotatable bonds is 10. The second kappa shape index (κ2) is 13.0. The van der Waals surface area contributed by atoms with Crippen LogP contribution < -0.4 is 11.1 Å². The van der Waals surface area contributed by atoms with Crippen molar-refractivity contribution in [3.8, 4) is 0 Å². The van der Waals surface area contributed by atoms with Crippen molar-refractivity contribution in [3.63, 3.8) is 0 Å². The monoisotopic (exact) mass is 499 g/mol. The minimum Gasteiger partial charge on any atom is -0.458 e. The molecule has 10 heteroatoms. The minimum atomic E-state index is -1.57. The molecule has 35 heavy (non-hydrogen) atoms. The van der Waals surface area contributed by atoms with Crippen LogP contribution in [0.4, 0.5) is 4.79 Å². The molecule has 0 aliphatic rings. The van der Waals surface area contributed by atoms with Crippen molar-refractivity contribution in [1.29, 1.82) is 0 Å². The smallest absolute Gasteiger partial charge is 0.408 e. The summed E-state index contributed by atoms with van der Waals surface area (Å²) in [6.45, 7) is 18.4. The second-order valence-corrected chi connectivity index (χ2v) is 11.4. The molecule has 0 aromatic rings. The number of nitrogens with one attached hydrogen (secondary N) is 1. The van der Waals surface area contributed by atoms with E-state index >= 15 is 0 Å². The summed E-state index contributed by atoms with van der Waals surface area (Å²) in [5.74, 6) is -4.73. The Balaban J connectivity index is 6.66. The Hall–Kier alpha value is -2.49. The summed E-state index contributed by atoms with van der Waals surface area (Å²) in [6, 6.07) is -3.87. The lowest BCUT2D eigenvalue weighted by Crippen LogP contribution is -2.64. The van der Waals surface area contributed by atoms with E-state index in [1.165, 1.54) is 0 Å². The number of imide groups is 1. The van der Waals surface area contributed by atoms with Crippen LogP contribution in [0.2, 0.25) is 0 Å². The predicted octanol–water partition coefficient (Wildman–Crippen LogP) is 2.95. The Kier molecular flexibility index (Phi) is 12.1. The minimum absolute atomic E-state index is 0.119. The van der Waals surface area contributed by atoms with E-state index in [4.69, 9.17) is 15.2 Å². The zero-order valence-corrected chi connectivity index (χ0v) is 23.2. The molecule has 0 fully saturated rings. The number of Topliss-reactive ketones (excluding diaryl/α,β-unsaturated/α-hetero) is 1. The van der Waals surface area contributed by atoms with E-state index in [0.717, 1.165) is 0 Å². The molecule has 3 amide bonds. The van der Waals surface area contributed by atoms with Crippen molar-refractivity contribution in [1.82, 2.24) is 10.2 Å².